The number of hydrogen-bond acceptors (Lipinski definition) is 5. The summed E-state index contributed by atoms with van der Waals surface area (Å²) >= 11 is 17.9. The zero-order valence-corrected chi connectivity index (χ0v) is 17.0. The van der Waals surface area contributed by atoms with E-state index in [-0.39, 0.29) is 37.8 Å². The molecule has 0 atom stereocenters. The average molecular weight is 450 g/mol. The summed E-state index contributed by atoms with van der Waals surface area (Å²) < 4.78 is 10.5. The fourth-order valence-electron chi connectivity index (χ4n) is 2.55. The maximum atomic E-state index is 12.7. The summed E-state index contributed by atoms with van der Waals surface area (Å²) in [5.41, 5.74) is -0.399. The van der Waals surface area contributed by atoms with Gasteiger partial charge < -0.3 is 14.5 Å². The summed E-state index contributed by atoms with van der Waals surface area (Å²) in [5.74, 6) is -0.397. The molecule has 1 heterocycles. The monoisotopic (exact) mass is 448 g/mol. The largest absolute Gasteiger partial charge is 0.495 e. The lowest BCUT2D eigenvalue weighted by atomic mass is 10.1. The highest BCUT2D eigenvalue weighted by molar-refractivity contribution is 6.38. The summed E-state index contributed by atoms with van der Waals surface area (Å²) in [5, 5.41) is 12.9. The number of rotatable bonds is 4. The smallest absolute Gasteiger partial charge is 0.266 e. The molecule has 9 heteroatoms. The van der Waals surface area contributed by atoms with Crippen LogP contribution in [-0.4, -0.2) is 13.0 Å². The first-order valence-electron chi connectivity index (χ1n) is 8.01. The highest BCUT2D eigenvalue weighted by Gasteiger charge is 2.16. The van der Waals surface area contributed by atoms with Crippen molar-refractivity contribution in [3.8, 4) is 11.8 Å². The minimum Gasteiger partial charge on any atom is -0.495 e. The molecule has 1 amide bonds. The number of nitrogens with zero attached hydrogens (tertiary/aromatic N) is 1. The second-order valence-electron chi connectivity index (χ2n) is 5.75. The number of methoxy groups -OCH3 is 1. The van der Waals surface area contributed by atoms with Crippen molar-refractivity contribution in [1.82, 2.24) is 0 Å². The zero-order valence-electron chi connectivity index (χ0n) is 14.8. The summed E-state index contributed by atoms with van der Waals surface area (Å²) in [7, 11) is 1.43. The van der Waals surface area contributed by atoms with Crippen molar-refractivity contribution in [2.45, 2.75) is 0 Å². The number of hydrogen-bond donors (Lipinski definition) is 1. The van der Waals surface area contributed by atoms with E-state index in [9.17, 15) is 14.9 Å². The summed E-state index contributed by atoms with van der Waals surface area (Å²) in [6.07, 6.45) is 2.24. The third-order valence-corrected chi connectivity index (χ3v) is 4.63. The Bertz CT molecular complexity index is 1260. The number of ether oxygens (including phenoxy) is 1. The molecule has 0 radical (unpaired) electrons. The molecule has 146 valence electrons. The fraction of sp³-hybridized carbons (Fsp3) is 0.0500. The Morgan fingerprint density at radius 3 is 2.66 bits per heavy atom. The number of fused-ring (bicyclic) bond motifs is 1. The number of anilines is 1. The van der Waals surface area contributed by atoms with E-state index in [0.717, 1.165) is 12.3 Å². The van der Waals surface area contributed by atoms with E-state index in [2.05, 4.69) is 5.32 Å². The van der Waals surface area contributed by atoms with Gasteiger partial charge in [0.15, 0.2) is 11.0 Å². The van der Waals surface area contributed by atoms with E-state index >= 15 is 0 Å². The molecule has 3 aromatic rings. The third-order valence-electron chi connectivity index (χ3n) is 3.89. The molecular weight excluding hydrogens is 439 g/mol. The first kappa shape index (κ1) is 20.7. The standard InChI is InChI=1S/C20H11Cl3N2O4/c1-28-17-3-2-12(21)7-16(17)25-20(27)10(8-24)4-11-9-29-19-14(18(11)26)5-13(22)6-15(19)23/h2-7,9H,1H3,(H,25,27). The van der Waals surface area contributed by atoms with Crippen LogP contribution in [0.25, 0.3) is 17.0 Å². The Kier molecular flexibility index (Phi) is 6.14. The zero-order chi connectivity index (χ0) is 21.1. The fourth-order valence-corrected chi connectivity index (χ4v) is 3.26. The SMILES string of the molecule is COc1ccc(Cl)cc1NC(=O)C(C#N)=Cc1coc2c(Cl)cc(Cl)cc2c1=O. The van der Waals surface area contributed by atoms with Gasteiger partial charge in [-0.25, -0.2) is 0 Å². The molecule has 3 rings (SSSR count). The minimum absolute atomic E-state index is 0.0133. The Labute approximate surface area is 179 Å². The number of halogens is 3. The quantitative estimate of drug-likeness (QED) is 0.430. The molecule has 0 fully saturated rings. The molecular formula is C20H11Cl3N2O4. The highest BCUT2D eigenvalue weighted by Crippen LogP contribution is 2.29. The van der Waals surface area contributed by atoms with Crippen LogP contribution in [0.3, 0.4) is 0 Å². The van der Waals surface area contributed by atoms with Crippen LogP contribution in [0, 0.1) is 11.3 Å². The first-order chi connectivity index (χ1) is 13.8. The van der Waals surface area contributed by atoms with Crippen molar-refractivity contribution in [3.05, 3.63) is 73.0 Å². The molecule has 0 bridgehead atoms. The van der Waals surface area contributed by atoms with E-state index < -0.39 is 11.3 Å². The second-order valence-corrected chi connectivity index (χ2v) is 7.03. The predicted molar refractivity (Wildman–Crippen MR) is 113 cm³/mol. The van der Waals surface area contributed by atoms with Gasteiger partial charge >= 0.3 is 0 Å². The summed E-state index contributed by atoms with van der Waals surface area (Å²) in [6.45, 7) is 0. The Balaban J connectivity index is 2.01. The number of benzene rings is 2. The van der Waals surface area contributed by atoms with Crippen molar-refractivity contribution in [1.29, 1.82) is 5.26 Å². The van der Waals surface area contributed by atoms with Gasteiger partial charge in [-0.1, -0.05) is 34.8 Å². The Morgan fingerprint density at radius 2 is 1.97 bits per heavy atom. The molecule has 0 saturated heterocycles. The molecule has 1 aromatic heterocycles. The van der Waals surface area contributed by atoms with E-state index in [1.165, 1.54) is 25.3 Å². The van der Waals surface area contributed by atoms with Gasteiger partial charge in [-0.3, -0.25) is 9.59 Å². The van der Waals surface area contributed by atoms with Gasteiger partial charge in [0.25, 0.3) is 5.91 Å². The van der Waals surface area contributed by atoms with Gasteiger partial charge in [-0.05, 0) is 36.4 Å². The lowest BCUT2D eigenvalue weighted by Crippen LogP contribution is -2.15. The van der Waals surface area contributed by atoms with Crippen molar-refractivity contribution in [2.24, 2.45) is 0 Å². The van der Waals surface area contributed by atoms with Gasteiger partial charge in [0.2, 0.25) is 0 Å². The normalized spacial score (nSPS) is 11.2. The lowest BCUT2D eigenvalue weighted by Gasteiger charge is -2.10. The predicted octanol–water partition coefficient (Wildman–Crippen LogP) is 5.31. The van der Waals surface area contributed by atoms with Gasteiger partial charge in [0, 0.05) is 10.0 Å². The first-order valence-corrected chi connectivity index (χ1v) is 9.14. The second kappa shape index (κ2) is 8.58. The van der Waals surface area contributed by atoms with Crippen LogP contribution in [-0.2, 0) is 4.79 Å². The van der Waals surface area contributed by atoms with Gasteiger partial charge in [0.1, 0.15) is 23.7 Å². The Morgan fingerprint density at radius 1 is 1.21 bits per heavy atom. The molecule has 0 saturated carbocycles. The molecule has 0 aliphatic heterocycles. The van der Waals surface area contributed by atoms with E-state index in [4.69, 9.17) is 44.0 Å². The van der Waals surface area contributed by atoms with Gasteiger partial charge in [-0.15, -0.1) is 0 Å². The van der Waals surface area contributed by atoms with E-state index in [1.807, 2.05) is 0 Å². The number of carbonyl (C=O) groups is 1. The van der Waals surface area contributed by atoms with E-state index in [0.29, 0.717) is 10.8 Å². The number of nitrogens with one attached hydrogen (secondary N) is 1. The number of amides is 1. The highest BCUT2D eigenvalue weighted by atomic mass is 35.5. The molecule has 0 unspecified atom stereocenters. The van der Waals surface area contributed by atoms with E-state index in [1.54, 1.807) is 18.2 Å². The Hall–Kier alpha value is -2.98. The topological polar surface area (TPSA) is 92.3 Å². The van der Waals surface area contributed by atoms with Gasteiger partial charge in [0.05, 0.1) is 28.8 Å². The lowest BCUT2D eigenvalue weighted by molar-refractivity contribution is -0.112. The molecule has 29 heavy (non-hydrogen) atoms. The van der Waals surface area contributed by atoms with Gasteiger partial charge in [-0.2, -0.15) is 5.26 Å². The van der Waals surface area contributed by atoms with Crippen LogP contribution in [0.5, 0.6) is 5.75 Å². The third kappa shape index (κ3) is 4.38. The number of carbonyl (C=O) groups excluding carboxylic acids is 1. The molecule has 0 aliphatic carbocycles. The number of nitriles is 1. The van der Waals surface area contributed by atoms with Crippen molar-refractivity contribution >= 4 is 63.4 Å². The van der Waals surface area contributed by atoms with Crippen LogP contribution >= 0.6 is 34.8 Å². The summed E-state index contributed by atoms with van der Waals surface area (Å²) in [6, 6.07) is 9.24. The maximum absolute atomic E-state index is 12.7. The van der Waals surface area contributed by atoms with Crippen molar-refractivity contribution in [3.63, 3.8) is 0 Å². The van der Waals surface area contributed by atoms with Crippen molar-refractivity contribution in [2.75, 3.05) is 12.4 Å². The summed E-state index contributed by atoms with van der Waals surface area (Å²) in [4.78, 5) is 25.2. The molecule has 1 N–H and O–H groups in total. The molecule has 6 nitrogen and oxygen atoms in total. The van der Waals surface area contributed by atoms with Crippen LogP contribution in [0.15, 0.2) is 51.4 Å². The molecule has 0 aliphatic rings. The molecule has 2 aromatic carbocycles. The molecule has 0 spiro atoms. The van der Waals surface area contributed by atoms with Crippen LogP contribution in [0.4, 0.5) is 5.69 Å². The van der Waals surface area contributed by atoms with Crippen molar-refractivity contribution < 1.29 is 13.9 Å². The van der Waals surface area contributed by atoms with Crippen LogP contribution in [0.2, 0.25) is 15.1 Å². The minimum atomic E-state index is -0.753. The van der Waals surface area contributed by atoms with Crippen LogP contribution < -0.4 is 15.5 Å². The average Bonchev–Trinajstić information content (AvgIpc) is 2.68. The van der Waals surface area contributed by atoms with Crippen LogP contribution in [0.1, 0.15) is 5.56 Å². The maximum Gasteiger partial charge on any atom is 0.266 e.